The number of H-pyrrole nitrogens is 1. The van der Waals surface area contributed by atoms with Crippen molar-refractivity contribution in [2.24, 2.45) is 5.41 Å². The van der Waals surface area contributed by atoms with Gasteiger partial charge < -0.3 is 15.2 Å². The second-order valence-corrected chi connectivity index (χ2v) is 10.6. The van der Waals surface area contributed by atoms with E-state index in [9.17, 15) is 27.9 Å². The van der Waals surface area contributed by atoms with Crippen molar-refractivity contribution < 1.29 is 27.8 Å². The Morgan fingerprint density at radius 2 is 1.80 bits per heavy atom. The zero-order valence-electron chi connectivity index (χ0n) is 22.4. The number of hydrogen-bond donors (Lipinski definition) is 3. The van der Waals surface area contributed by atoms with E-state index in [4.69, 9.17) is 16.3 Å². The Bertz CT molecular complexity index is 1600. The van der Waals surface area contributed by atoms with Gasteiger partial charge in [-0.2, -0.15) is 17.9 Å². The Hall–Kier alpha value is -4.09. The zero-order valence-corrected chi connectivity index (χ0v) is 23.2. The molecule has 4 rings (SSSR count). The summed E-state index contributed by atoms with van der Waals surface area (Å²) >= 11 is 6.43. The molecule has 0 saturated heterocycles. The molecule has 216 valence electrons. The highest BCUT2D eigenvalue weighted by Crippen LogP contribution is 2.31. The molecular formula is C29H28ClF3N4O4. The first-order chi connectivity index (χ1) is 19.3. The highest BCUT2D eigenvalue weighted by Gasteiger charge is 2.32. The second kappa shape index (κ2) is 11.8. The van der Waals surface area contributed by atoms with Crippen molar-refractivity contribution in [3.63, 3.8) is 0 Å². The lowest BCUT2D eigenvalue weighted by atomic mass is 9.82. The third-order valence-corrected chi connectivity index (χ3v) is 7.10. The first-order valence-electron chi connectivity index (χ1n) is 12.5. The molecule has 1 amide bonds. The summed E-state index contributed by atoms with van der Waals surface area (Å²) < 4.78 is 45.5. The molecule has 3 N–H and O–H groups in total. The fourth-order valence-corrected chi connectivity index (χ4v) is 4.58. The third kappa shape index (κ3) is 6.80. The predicted molar refractivity (Wildman–Crippen MR) is 148 cm³/mol. The van der Waals surface area contributed by atoms with Crippen molar-refractivity contribution in [3.05, 3.63) is 98.9 Å². The van der Waals surface area contributed by atoms with E-state index in [2.05, 4.69) is 15.4 Å². The first kappa shape index (κ1) is 29.9. The van der Waals surface area contributed by atoms with Crippen molar-refractivity contribution in [1.29, 1.82) is 0 Å². The number of carbonyl (C=O) groups excluding carboxylic acids is 1. The molecule has 4 aromatic rings. The second-order valence-electron chi connectivity index (χ2n) is 10.2. The van der Waals surface area contributed by atoms with Crippen LogP contribution >= 0.6 is 11.6 Å². The molecule has 0 fully saturated rings. The SMILES string of the molecule is COC(Cc1ccc(Cl)c(-c2nn(-c3ccc(C(F)(F)F)cc3)c(=O)[nH]2)c1)C(C)(C)CNC(=O)c1ccccc1O. The van der Waals surface area contributed by atoms with E-state index in [1.54, 1.807) is 37.4 Å². The molecule has 0 aliphatic carbocycles. The number of alkyl halides is 3. The normalized spacial score (nSPS) is 12.8. The van der Waals surface area contributed by atoms with Gasteiger partial charge in [0.15, 0.2) is 5.82 Å². The van der Waals surface area contributed by atoms with E-state index in [1.807, 2.05) is 13.8 Å². The summed E-state index contributed by atoms with van der Waals surface area (Å²) in [6.07, 6.45) is -4.44. The summed E-state index contributed by atoms with van der Waals surface area (Å²) in [6.45, 7) is 4.13. The highest BCUT2D eigenvalue weighted by molar-refractivity contribution is 6.33. The molecule has 0 bridgehead atoms. The quantitative estimate of drug-likeness (QED) is 0.235. The van der Waals surface area contributed by atoms with Crippen LogP contribution in [0.3, 0.4) is 0 Å². The Kier molecular flexibility index (Phi) is 8.60. The lowest BCUT2D eigenvalue weighted by Crippen LogP contribution is -2.43. The maximum absolute atomic E-state index is 12.9. The Balaban J connectivity index is 1.53. The van der Waals surface area contributed by atoms with Crippen LogP contribution in [0.2, 0.25) is 5.02 Å². The lowest BCUT2D eigenvalue weighted by Gasteiger charge is -2.33. The number of nitrogens with one attached hydrogen (secondary N) is 2. The summed E-state index contributed by atoms with van der Waals surface area (Å²) in [4.78, 5) is 27.8. The average molecular weight is 589 g/mol. The minimum Gasteiger partial charge on any atom is -0.507 e. The van der Waals surface area contributed by atoms with Gasteiger partial charge in [0.05, 0.1) is 27.9 Å². The number of rotatable bonds is 9. The topological polar surface area (TPSA) is 109 Å². The molecule has 1 aromatic heterocycles. The van der Waals surface area contributed by atoms with Gasteiger partial charge in [-0.1, -0.05) is 43.6 Å². The highest BCUT2D eigenvalue weighted by atomic mass is 35.5. The van der Waals surface area contributed by atoms with Crippen LogP contribution in [0, 0.1) is 5.41 Å². The van der Waals surface area contributed by atoms with Crippen LogP contribution in [0.25, 0.3) is 17.1 Å². The van der Waals surface area contributed by atoms with E-state index < -0.39 is 28.8 Å². The molecule has 8 nitrogen and oxygen atoms in total. The summed E-state index contributed by atoms with van der Waals surface area (Å²) in [5.41, 5.74) is -0.456. The number of hydrogen-bond acceptors (Lipinski definition) is 5. The number of para-hydroxylation sites is 1. The Labute approximate surface area is 238 Å². The number of nitrogens with zero attached hydrogens (tertiary/aromatic N) is 2. The van der Waals surface area contributed by atoms with Gasteiger partial charge in [-0.15, -0.1) is 5.10 Å². The van der Waals surface area contributed by atoms with E-state index in [1.165, 1.54) is 12.1 Å². The molecule has 1 heterocycles. The maximum Gasteiger partial charge on any atom is 0.416 e. The molecule has 3 aromatic carbocycles. The van der Waals surface area contributed by atoms with E-state index in [-0.39, 0.29) is 35.5 Å². The number of carbonyl (C=O) groups is 1. The zero-order chi connectivity index (χ0) is 29.9. The average Bonchev–Trinajstić information content (AvgIpc) is 3.32. The minimum atomic E-state index is -4.50. The lowest BCUT2D eigenvalue weighted by molar-refractivity contribution is -0.137. The molecule has 0 radical (unpaired) electrons. The molecule has 41 heavy (non-hydrogen) atoms. The smallest absolute Gasteiger partial charge is 0.416 e. The van der Waals surface area contributed by atoms with E-state index >= 15 is 0 Å². The van der Waals surface area contributed by atoms with E-state index in [0.29, 0.717) is 17.0 Å². The van der Waals surface area contributed by atoms with Crippen molar-refractivity contribution in [1.82, 2.24) is 20.1 Å². The van der Waals surface area contributed by atoms with Crippen LogP contribution in [0.4, 0.5) is 13.2 Å². The maximum atomic E-state index is 12.9. The van der Waals surface area contributed by atoms with Crippen molar-refractivity contribution in [2.45, 2.75) is 32.5 Å². The fourth-order valence-electron chi connectivity index (χ4n) is 4.37. The first-order valence-corrected chi connectivity index (χ1v) is 12.9. The number of aromatic hydroxyl groups is 1. The molecular weight excluding hydrogens is 561 g/mol. The largest absolute Gasteiger partial charge is 0.507 e. The van der Waals surface area contributed by atoms with Gasteiger partial charge in [-0.05, 0) is 60.5 Å². The fraction of sp³-hybridized carbons (Fsp3) is 0.276. The number of benzene rings is 3. The molecule has 1 unspecified atom stereocenters. The monoisotopic (exact) mass is 588 g/mol. The van der Waals surface area contributed by atoms with Crippen LogP contribution in [-0.4, -0.2) is 45.5 Å². The van der Waals surface area contributed by atoms with Crippen molar-refractivity contribution >= 4 is 17.5 Å². The van der Waals surface area contributed by atoms with Crippen molar-refractivity contribution in [3.8, 4) is 22.8 Å². The van der Waals surface area contributed by atoms with Crippen molar-refractivity contribution in [2.75, 3.05) is 13.7 Å². The minimum absolute atomic E-state index is 0.112. The molecule has 0 spiro atoms. The van der Waals surface area contributed by atoms with E-state index in [0.717, 1.165) is 34.5 Å². The molecule has 0 saturated carbocycles. The third-order valence-electron chi connectivity index (χ3n) is 6.77. The van der Waals surface area contributed by atoms with Gasteiger partial charge in [0, 0.05) is 24.6 Å². The van der Waals surface area contributed by atoms with Crippen LogP contribution in [-0.2, 0) is 17.3 Å². The predicted octanol–water partition coefficient (Wildman–Crippen LogP) is 5.62. The molecule has 12 heteroatoms. The number of phenolic OH excluding ortho intramolecular Hbond substituents is 1. The van der Waals surface area contributed by atoms with Gasteiger partial charge in [0.25, 0.3) is 5.91 Å². The van der Waals surface area contributed by atoms with Gasteiger partial charge >= 0.3 is 11.9 Å². The van der Waals surface area contributed by atoms with Gasteiger partial charge in [-0.25, -0.2) is 4.79 Å². The summed E-state index contributed by atoms with van der Waals surface area (Å²) in [5.74, 6) is -0.379. The number of phenols is 1. The van der Waals surface area contributed by atoms with Crippen LogP contribution in [0.5, 0.6) is 5.75 Å². The van der Waals surface area contributed by atoms with Gasteiger partial charge in [0.2, 0.25) is 0 Å². The van der Waals surface area contributed by atoms with Crippen LogP contribution in [0.15, 0.2) is 71.5 Å². The number of amides is 1. The van der Waals surface area contributed by atoms with Gasteiger partial charge in [0.1, 0.15) is 5.75 Å². The van der Waals surface area contributed by atoms with Crippen LogP contribution < -0.4 is 11.0 Å². The molecule has 0 aliphatic heterocycles. The Morgan fingerprint density at radius 3 is 2.44 bits per heavy atom. The van der Waals surface area contributed by atoms with Gasteiger partial charge in [-0.3, -0.25) is 9.78 Å². The number of halogens is 4. The number of aromatic nitrogens is 3. The molecule has 1 atom stereocenters. The number of methoxy groups -OCH3 is 1. The molecule has 0 aliphatic rings. The summed E-state index contributed by atoms with van der Waals surface area (Å²) in [5, 5.41) is 17.4. The van der Waals surface area contributed by atoms with Crippen LogP contribution in [0.1, 0.15) is 35.3 Å². The Morgan fingerprint density at radius 1 is 1.12 bits per heavy atom. The number of aromatic amines is 1. The standard InChI is InChI=1S/C29H28ClF3N4O4/c1-28(2,16-34-26(39)20-6-4-5-7-23(20)38)24(41-3)15-17-8-13-22(30)21(14-17)25-35-27(40)37(36-25)19-11-9-18(10-12-19)29(31,32)33/h4-14,24,38H,15-16H2,1-3H3,(H,34,39)(H,35,36,40). The summed E-state index contributed by atoms with van der Waals surface area (Å²) in [6, 6.07) is 15.6. The summed E-state index contributed by atoms with van der Waals surface area (Å²) in [7, 11) is 1.57. The number of ether oxygens (including phenoxy) is 1.